The molecular weight excluding hydrogens is 555 g/mol. The fourth-order valence-electron chi connectivity index (χ4n) is 4.90. The van der Waals surface area contributed by atoms with Crippen LogP contribution in [0.2, 0.25) is 0 Å². The summed E-state index contributed by atoms with van der Waals surface area (Å²) >= 11 is 3.74. The van der Waals surface area contributed by atoms with Crippen molar-refractivity contribution in [1.29, 1.82) is 0 Å². The summed E-state index contributed by atoms with van der Waals surface area (Å²) < 4.78 is 9.46. The monoisotopic (exact) mass is 576 g/mol. The van der Waals surface area contributed by atoms with E-state index in [1.807, 2.05) is 41.0 Å². The number of hydrogen-bond acceptors (Lipinski definition) is 4. The van der Waals surface area contributed by atoms with Crippen molar-refractivity contribution in [2.75, 3.05) is 7.11 Å². The number of thiazole rings is 1. The molecule has 0 fully saturated rings. The minimum Gasteiger partial charge on any atom is -0.496 e. The quantitative estimate of drug-likeness (QED) is 0.325. The molecule has 0 spiro atoms. The molecule has 4 aromatic rings. The van der Waals surface area contributed by atoms with Gasteiger partial charge in [-0.3, -0.25) is 9.36 Å². The van der Waals surface area contributed by atoms with Crippen molar-refractivity contribution in [2.24, 2.45) is 4.99 Å². The second kappa shape index (κ2) is 8.67. The van der Waals surface area contributed by atoms with Crippen molar-refractivity contribution in [2.45, 2.75) is 18.9 Å². The maximum Gasteiger partial charge on any atom is 0.271 e. The lowest BCUT2D eigenvalue weighted by atomic mass is 9.83. The van der Waals surface area contributed by atoms with E-state index in [4.69, 9.17) is 9.73 Å². The average Bonchev–Trinajstić information content (AvgIpc) is 3.18. The third-order valence-corrected chi connectivity index (χ3v) is 8.18. The number of fused-ring (bicyclic) bond motifs is 3. The first-order chi connectivity index (χ1) is 16.6. The van der Waals surface area contributed by atoms with Crippen LogP contribution in [0, 0.1) is 3.57 Å². The minimum absolute atomic E-state index is 0.0105. The molecule has 34 heavy (non-hydrogen) atoms. The lowest BCUT2D eigenvalue weighted by Gasteiger charge is -2.31. The average molecular weight is 576 g/mol. The van der Waals surface area contributed by atoms with Gasteiger partial charge >= 0.3 is 0 Å². The summed E-state index contributed by atoms with van der Waals surface area (Å²) in [5.41, 5.74) is 6.64. The molecular formula is C28H21IN2O2S. The van der Waals surface area contributed by atoms with Gasteiger partial charge < -0.3 is 4.74 Å². The van der Waals surface area contributed by atoms with Crippen molar-refractivity contribution in [3.05, 3.63) is 124 Å². The van der Waals surface area contributed by atoms with Crippen molar-refractivity contribution in [1.82, 2.24) is 4.57 Å². The van der Waals surface area contributed by atoms with Crippen molar-refractivity contribution in [3.63, 3.8) is 0 Å². The molecule has 3 aromatic carbocycles. The molecule has 0 unspecified atom stereocenters. The summed E-state index contributed by atoms with van der Waals surface area (Å²) in [6.07, 6.45) is 3.76. The van der Waals surface area contributed by atoms with Crippen molar-refractivity contribution < 1.29 is 4.74 Å². The Morgan fingerprint density at radius 2 is 1.79 bits per heavy atom. The number of aromatic nitrogens is 1. The van der Waals surface area contributed by atoms with Gasteiger partial charge in [-0.2, -0.15) is 0 Å². The molecule has 0 saturated carbocycles. The highest BCUT2D eigenvalue weighted by molar-refractivity contribution is 14.1. The first-order valence-corrected chi connectivity index (χ1v) is 13.0. The Balaban J connectivity index is 1.64. The zero-order chi connectivity index (χ0) is 23.2. The molecule has 1 aromatic heterocycles. The highest BCUT2D eigenvalue weighted by Gasteiger charge is 2.33. The molecule has 0 bridgehead atoms. The SMILES string of the molecule is COc1ccccc1[C@@H]1C2=C(N=c3s/c(=C\c4ccc(I)cc4)c(=O)n31)c1ccccc1CC2. The van der Waals surface area contributed by atoms with Crippen molar-refractivity contribution >= 4 is 45.7 Å². The number of methoxy groups -OCH3 is 1. The van der Waals surface area contributed by atoms with Gasteiger partial charge in [-0.05, 0) is 76.4 Å². The van der Waals surface area contributed by atoms with Crippen LogP contribution in [-0.4, -0.2) is 11.7 Å². The summed E-state index contributed by atoms with van der Waals surface area (Å²) in [6.45, 7) is 0. The molecule has 0 amide bonds. The number of benzene rings is 3. The molecule has 0 saturated heterocycles. The van der Waals surface area contributed by atoms with E-state index in [-0.39, 0.29) is 11.6 Å². The van der Waals surface area contributed by atoms with Gasteiger partial charge in [-0.15, -0.1) is 0 Å². The normalized spacial score (nSPS) is 17.0. The third-order valence-electron chi connectivity index (χ3n) is 6.47. The van der Waals surface area contributed by atoms with Gasteiger partial charge in [0, 0.05) is 14.7 Å². The summed E-state index contributed by atoms with van der Waals surface area (Å²) in [7, 11) is 1.69. The van der Waals surface area contributed by atoms with Gasteiger partial charge in [-0.1, -0.05) is 65.9 Å². The van der Waals surface area contributed by atoms with E-state index in [0.717, 1.165) is 40.2 Å². The van der Waals surface area contributed by atoms with Gasteiger partial charge in [-0.25, -0.2) is 4.99 Å². The third kappa shape index (κ3) is 3.56. The van der Waals surface area contributed by atoms with E-state index in [0.29, 0.717) is 4.53 Å². The first kappa shape index (κ1) is 21.6. The highest BCUT2D eigenvalue weighted by atomic mass is 127. The van der Waals surface area contributed by atoms with Crippen LogP contribution in [0.15, 0.2) is 88.2 Å². The van der Waals surface area contributed by atoms with Crippen LogP contribution >= 0.6 is 33.9 Å². The van der Waals surface area contributed by atoms with Gasteiger partial charge in [0.25, 0.3) is 5.56 Å². The van der Waals surface area contributed by atoms with Crippen LogP contribution in [0.3, 0.4) is 0 Å². The molecule has 1 aliphatic heterocycles. The Morgan fingerprint density at radius 1 is 1.03 bits per heavy atom. The number of para-hydroxylation sites is 1. The number of halogens is 1. The van der Waals surface area contributed by atoms with E-state index in [1.165, 1.54) is 31.6 Å². The number of hydrogen-bond donors (Lipinski definition) is 0. The van der Waals surface area contributed by atoms with Gasteiger partial charge in [0.2, 0.25) is 0 Å². The second-order valence-corrected chi connectivity index (χ2v) is 10.7. The van der Waals surface area contributed by atoms with E-state index in [1.54, 1.807) is 7.11 Å². The number of allylic oxidation sites excluding steroid dienone is 1. The van der Waals surface area contributed by atoms with Gasteiger partial charge in [0.05, 0.1) is 23.4 Å². The second-order valence-electron chi connectivity index (χ2n) is 8.41. The van der Waals surface area contributed by atoms with Crippen LogP contribution in [0.25, 0.3) is 11.8 Å². The predicted octanol–water partition coefficient (Wildman–Crippen LogP) is 4.93. The van der Waals surface area contributed by atoms with Crippen LogP contribution in [-0.2, 0) is 6.42 Å². The molecule has 2 heterocycles. The Hall–Kier alpha value is -2.97. The Morgan fingerprint density at radius 3 is 2.62 bits per heavy atom. The summed E-state index contributed by atoms with van der Waals surface area (Å²) in [4.78, 5) is 19.6. The van der Waals surface area contributed by atoms with E-state index >= 15 is 0 Å². The predicted molar refractivity (Wildman–Crippen MR) is 145 cm³/mol. The van der Waals surface area contributed by atoms with E-state index < -0.39 is 0 Å². The molecule has 1 atom stereocenters. The van der Waals surface area contributed by atoms with Gasteiger partial charge in [0.1, 0.15) is 5.75 Å². The molecule has 168 valence electrons. The Bertz CT molecular complexity index is 1630. The van der Waals surface area contributed by atoms with Crippen molar-refractivity contribution in [3.8, 4) is 5.75 Å². The van der Waals surface area contributed by atoms with Crippen LogP contribution in [0.1, 0.15) is 34.7 Å². The van der Waals surface area contributed by atoms with Gasteiger partial charge in [0.15, 0.2) is 4.80 Å². The summed E-state index contributed by atoms with van der Waals surface area (Å²) in [6, 6.07) is 24.4. The fraction of sp³-hybridized carbons (Fsp3) is 0.143. The highest BCUT2D eigenvalue weighted by Crippen LogP contribution is 2.43. The van der Waals surface area contributed by atoms with Crippen LogP contribution in [0.4, 0.5) is 0 Å². The molecule has 4 nitrogen and oxygen atoms in total. The number of nitrogens with zero attached hydrogens (tertiary/aromatic N) is 2. The maximum atomic E-state index is 13.8. The molecule has 6 heteroatoms. The molecule has 1 aliphatic carbocycles. The zero-order valence-electron chi connectivity index (χ0n) is 18.5. The van der Waals surface area contributed by atoms with Crippen LogP contribution in [0.5, 0.6) is 5.75 Å². The Labute approximate surface area is 214 Å². The number of aryl methyl sites for hydroxylation is 1. The molecule has 0 N–H and O–H groups in total. The maximum absolute atomic E-state index is 13.8. The smallest absolute Gasteiger partial charge is 0.271 e. The van der Waals surface area contributed by atoms with Crippen LogP contribution < -0.4 is 19.6 Å². The summed E-state index contributed by atoms with van der Waals surface area (Å²) in [5, 5.41) is 0. The topological polar surface area (TPSA) is 43.6 Å². The molecule has 0 radical (unpaired) electrons. The number of rotatable bonds is 3. The first-order valence-electron chi connectivity index (χ1n) is 11.2. The Kier molecular flexibility index (Phi) is 5.50. The number of ether oxygens (including phenoxy) is 1. The minimum atomic E-state index is -0.241. The molecule has 2 aliphatic rings. The largest absolute Gasteiger partial charge is 0.496 e. The van der Waals surface area contributed by atoms with E-state index in [9.17, 15) is 4.79 Å². The lowest BCUT2D eigenvalue weighted by Crippen LogP contribution is -2.38. The standard InChI is InChI=1S/C28H21IN2O2S/c1-33-23-9-5-4-8-21(23)26-22-15-12-18-6-2-3-7-20(18)25(22)30-28-31(26)27(32)24(34-28)16-17-10-13-19(29)14-11-17/h2-11,13-14,16,26H,12,15H2,1H3/b24-16-/t26-/m1/s1. The van der Waals surface area contributed by atoms with E-state index in [2.05, 4.69) is 65.1 Å². The summed E-state index contributed by atoms with van der Waals surface area (Å²) in [5.74, 6) is 0.785. The molecule has 6 rings (SSSR count). The fourth-order valence-corrected chi connectivity index (χ4v) is 6.26. The lowest BCUT2D eigenvalue weighted by molar-refractivity contribution is 0.402. The zero-order valence-corrected chi connectivity index (χ0v) is 21.5.